The second-order valence-corrected chi connectivity index (χ2v) is 8.41. The summed E-state index contributed by atoms with van der Waals surface area (Å²) < 4.78 is 16.7. The third-order valence-electron chi connectivity index (χ3n) is 5.85. The van der Waals surface area contributed by atoms with Gasteiger partial charge in [-0.3, -0.25) is 4.90 Å². The van der Waals surface area contributed by atoms with E-state index in [9.17, 15) is 0 Å². The number of hydrogen-bond donors (Lipinski definition) is 0. The van der Waals surface area contributed by atoms with Gasteiger partial charge in [-0.05, 0) is 29.7 Å². The second kappa shape index (κ2) is 9.63. The SMILES string of the molecule is Clc1ccc(Cc2noc(N3CCN(C(Cc4ccccc4)C4=COCO4)CC3)n2)cc1. The molecule has 0 N–H and O–H groups in total. The Balaban J connectivity index is 1.22. The van der Waals surface area contributed by atoms with E-state index in [4.69, 9.17) is 25.6 Å². The zero-order valence-electron chi connectivity index (χ0n) is 17.7. The minimum atomic E-state index is 0.144. The Kier molecular flexibility index (Phi) is 6.27. The van der Waals surface area contributed by atoms with Crippen LogP contribution in [0.4, 0.5) is 6.01 Å². The molecule has 0 spiro atoms. The molecule has 0 radical (unpaired) electrons. The Morgan fingerprint density at radius 2 is 1.72 bits per heavy atom. The molecule has 0 aliphatic carbocycles. The van der Waals surface area contributed by atoms with E-state index in [2.05, 4.69) is 44.2 Å². The van der Waals surface area contributed by atoms with Gasteiger partial charge in [-0.15, -0.1) is 0 Å². The lowest BCUT2D eigenvalue weighted by atomic mass is 10.0. The summed E-state index contributed by atoms with van der Waals surface area (Å²) in [7, 11) is 0. The maximum Gasteiger partial charge on any atom is 0.324 e. The topological polar surface area (TPSA) is 63.9 Å². The minimum absolute atomic E-state index is 0.144. The Bertz CT molecular complexity index is 1050. The van der Waals surface area contributed by atoms with Crippen LogP contribution in [0.15, 0.2) is 71.1 Å². The fourth-order valence-corrected chi connectivity index (χ4v) is 4.25. The van der Waals surface area contributed by atoms with E-state index in [1.54, 1.807) is 6.26 Å². The highest BCUT2D eigenvalue weighted by Crippen LogP contribution is 2.24. The molecule has 0 saturated carbocycles. The van der Waals surface area contributed by atoms with Crippen molar-refractivity contribution in [2.75, 3.05) is 37.9 Å². The first-order valence-corrected chi connectivity index (χ1v) is 11.2. The first-order valence-electron chi connectivity index (χ1n) is 10.8. The third kappa shape index (κ3) is 4.89. The van der Waals surface area contributed by atoms with Gasteiger partial charge >= 0.3 is 6.01 Å². The van der Waals surface area contributed by atoms with Crippen LogP contribution in [0.25, 0.3) is 0 Å². The van der Waals surface area contributed by atoms with Crippen molar-refractivity contribution in [3.63, 3.8) is 0 Å². The maximum atomic E-state index is 5.96. The highest BCUT2D eigenvalue weighted by molar-refractivity contribution is 6.30. The van der Waals surface area contributed by atoms with Crippen molar-refractivity contribution in [2.45, 2.75) is 18.9 Å². The van der Waals surface area contributed by atoms with E-state index in [0.29, 0.717) is 25.1 Å². The molecule has 3 aromatic rings. The molecule has 0 amide bonds. The van der Waals surface area contributed by atoms with E-state index in [1.807, 2.05) is 30.3 Å². The van der Waals surface area contributed by atoms with Gasteiger partial charge in [0.25, 0.3) is 0 Å². The lowest BCUT2D eigenvalue weighted by molar-refractivity contribution is 0.0578. The Hall–Kier alpha value is -3.03. The van der Waals surface area contributed by atoms with E-state index in [1.165, 1.54) is 5.56 Å². The molecule has 7 nitrogen and oxygen atoms in total. The van der Waals surface area contributed by atoms with Gasteiger partial charge in [0, 0.05) is 37.6 Å². The molecule has 2 aromatic carbocycles. The molecule has 1 fully saturated rings. The number of anilines is 1. The highest BCUT2D eigenvalue weighted by atomic mass is 35.5. The average molecular weight is 453 g/mol. The summed E-state index contributed by atoms with van der Waals surface area (Å²) in [4.78, 5) is 9.19. The van der Waals surface area contributed by atoms with Crippen LogP contribution >= 0.6 is 11.6 Å². The van der Waals surface area contributed by atoms with Crippen LogP contribution in [-0.2, 0) is 22.3 Å². The number of piperazine rings is 1. The molecule has 1 unspecified atom stereocenters. The van der Waals surface area contributed by atoms with E-state index in [-0.39, 0.29) is 6.04 Å². The summed E-state index contributed by atoms with van der Waals surface area (Å²) in [6.07, 6.45) is 3.24. The normalized spacial score (nSPS) is 17.5. The molecule has 0 bridgehead atoms. The summed E-state index contributed by atoms with van der Waals surface area (Å²) in [6.45, 7) is 3.64. The largest absolute Gasteiger partial charge is 0.462 e. The van der Waals surface area contributed by atoms with Crippen LogP contribution in [0.1, 0.15) is 17.0 Å². The minimum Gasteiger partial charge on any atom is -0.462 e. The van der Waals surface area contributed by atoms with Crippen molar-refractivity contribution in [1.82, 2.24) is 15.0 Å². The summed E-state index contributed by atoms with van der Waals surface area (Å²) in [5.41, 5.74) is 2.38. The zero-order chi connectivity index (χ0) is 21.8. The first kappa shape index (κ1) is 20.8. The molecule has 1 aromatic heterocycles. The number of nitrogens with zero attached hydrogens (tertiary/aromatic N) is 4. The number of rotatable bonds is 7. The molecule has 1 saturated heterocycles. The average Bonchev–Trinajstić information content (AvgIpc) is 3.53. The smallest absolute Gasteiger partial charge is 0.324 e. The van der Waals surface area contributed by atoms with Crippen molar-refractivity contribution in [3.05, 3.63) is 88.6 Å². The van der Waals surface area contributed by atoms with Gasteiger partial charge in [-0.2, -0.15) is 4.98 Å². The number of benzene rings is 2. The van der Waals surface area contributed by atoms with Crippen LogP contribution in [0.3, 0.4) is 0 Å². The van der Waals surface area contributed by atoms with Gasteiger partial charge in [0.05, 0.1) is 6.04 Å². The molecular weight excluding hydrogens is 428 g/mol. The molecule has 5 rings (SSSR count). The molecule has 8 heteroatoms. The van der Waals surface area contributed by atoms with Gasteiger partial charge in [-0.1, -0.05) is 59.2 Å². The Labute approximate surface area is 192 Å². The van der Waals surface area contributed by atoms with Crippen molar-refractivity contribution >= 4 is 17.6 Å². The molecule has 32 heavy (non-hydrogen) atoms. The predicted octanol–water partition coefficient (Wildman–Crippen LogP) is 3.89. The van der Waals surface area contributed by atoms with Gasteiger partial charge < -0.3 is 18.9 Å². The maximum absolute atomic E-state index is 5.96. The zero-order valence-corrected chi connectivity index (χ0v) is 18.4. The van der Waals surface area contributed by atoms with Crippen molar-refractivity contribution < 1.29 is 14.0 Å². The van der Waals surface area contributed by atoms with Crippen molar-refractivity contribution in [3.8, 4) is 0 Å². The Morgan fingerprint density at radius 1 is 0.938 bits per heavy atom. The summed E-state index contributed by atoms with van der Waals surface area (Å²) in [5, 5.41) is 4.88. The number of halogens is 1. The molecule has 2 aliphatic heterocycles. The lowest BCUT2D eigenvalue weighted by Crippen LogP contribution is -2.51. The van der Waals surface area contributed by atoms with Crippen LogP contribution in [0, 0.1) is 0 Å². The van der Waals surface area contributed by atoms with E-state index in [0.717, 1.165) is 48.9 Å². The summed E-state index contributed by atoms with van der Waals surface area (Å²) >= 11 is 5.96. The van der Waals surface area contributed by atoms with Crippen LogP contribution in [-0.4, -0.2) is 54.1 Å². The first-order chi connectivity index (χ1) is 15.7. The summed E-state index contributed by atoms with van der Waals surface area (Å²) in [6, 6.07) is 18.9. The number of aromatic nitrogens is 2. The monoisotopic (exact) mass is 452 g/mol. The third-order valence-corrected chi connectivity index (χ3v) is 6.10. The van der Waals surface area contributed by atoms with Gasteiger partial charge in [0.1, 0.15) is 6.26 Å². The lowest BCUT2D eigenvalue weighted by Gasteiger charge is -2.38. The van der Waals surface area contributed by atoms with Crippen LogP contribution < -0.4 is 4.90 Å². The summed E-state index contributed by atoms with van der Waals surface area (Å²) in [5.74, 6) is 1.57. The Morgan fingerprint density at radius 3 is 2.44 bits per heavy atom. The van der Waals surface area contributed by atoms with Crippen molar-refractivity contribution in [1.29, 1.82) is 0 Å². The fraction of sp³-hybridized carbons (Fsp3) is 0.333. The van der Waals surface area contributed by atoms with Crippen LogP contribution in [0.5, 0.6) is 0 Å². The number of ether oxygens (including phenoxy) is 2. The molecule has 2 aliphatic rings. The second-order valence-electron chi connectivity index (χ2n) is 7.97. The fourth-order valence-electron chi connectivity index (χ4n) is 4.13. The molecule has 166 valence electrons. The van der Waals surface area contributed by atoms with Crippen LogP contribution in [0.2, 0.25) is 5.02 Å². The quantitative estimate of drug-likeness (QED) is 0.538. The van der Waals surface area contributed by atoms with Crippen molar-refractivity contribution in [2.24, 2.45) is 0 Å². The standard InChI is InChI=1S/C24H25ClN4O3/c25-20-8-6-19(7-9-20)15-23-26-24(32-27-23)29-12-10-28(11-13-29)21(22-16-30-17-31-22)14-18-4-2-1-3-5-18/h1-9,16,21H,10-15,17H2. The molecular formula is C24H25ClN4O3. The number of hydrogen-bond acceptors (Lipinski definition) is 7. The predicted molar refractivity (Wildman–Crippen MR) is 121 cm³/mol. The van der Waals surface area contributed by atoms with E-state index >= 15 is 0 Å². The highest BCUT2D eigenvalue weighted by Gasteiger charge is 2.31. The van der Waals surface area contributed by atoms with Gasteiger partial charge in [-0.25, -0.2) is 0 Å². The molecule has 1 atom stereocenters. The van der Waals surface area contributed by atoms with Gasteiger partial charge in [0.2, 0.25) is 6.79 Å². The van der Waals surface area contributed by atoms with Gasteiger partial charge in [0.15, 0.2) is 11.6 Å². The molecule has 3 heterocycles. The van der Waals surface area contributed by atoms with E-state index < -0.39 is 0 Å².